The van der Waals surface area contributed by atoms with Crippen molar-refractivity contribution in [2.75, 3.05) is 16.0 Å². The summed E-state index contributed by atoms with van der Waals surface area (Å²) in [5.41, 5.74) is 0.167. The summed E-state index contributed by atoms with van der Waals surface area (Å²) in [5.74, 6) is 0. The average Bonchev–Trinajstić information content (AvgIpc) is 2.73. The summed E-state index contributed by atoms with van der Waals surface area (Å²) < 4.78 is 105. The molecule has 0 aliphatic heterocycles. The van der Waals surface area contributed by atoms with Crippen LogP contribution < -0.4 is 16.0 Å². The van der Waals surface area contributed by atoms with E-state index in [1.807, 2.05) is 0 Å². The maximum absolute atomic E-state index is 11.6. The maximum Gasteiger partial charge on any atom is 0.631 e. The largest absolute Gasteiger partial charge is 0.631 e. The van der Waals surface area contributed by atoms with Crippen molar-refractivity contribution >= 4 is 24.4 Å². The van der Waals surface area contributed by atoms with Gasteiger partial charge in [0.15, 0.2) is 0 Å². The Morgan fingerprint density at radius 1 is 0.405 bits per heavy atom. The number of anilines is 3. The molecule has 0 bridgehead atoms. The molecule has 3 rings (SSSR count). The molecule has 16 heteroatoms. The van der Waals surface area contributed by atoms with Crippen molar-refractivity contribution in [3.63, 3.8) is 0 Å². The molecule has 0 saturated heterocycles. The molecule has 0 unspecified atom stereocenters. The highest BCUT2D eigenvalue weighted by molar-refractivity contribution is 6.30. The number of halogens is 9. The molecule has 0 spiro atoms. The van der Waals surface area contributed by atoms with Crippen molar-refractivity contribution in [3.8, 4) is 0 Å². The molecule has 0 aliphatic rings. The monoisotopic (exact) mass is 545 g/mol. The summed E-state index contributed by atoms with van der Waals surface area (Å²) in [4.78, 5) is 0. The zero-order valence-corrected chi connectivity index (χ0v) is 18.5. The fourth-order valence-corrected chi connectivity index (χ4v) is 2.06. The summed E-state index contributed by atoms with van der Waals surface area (Å²) in [6.45, 7) is 0. The molecule has 0 saturated carbocycles. The molecule has 0 fully saturated rings. The lowest BCUT2D eigenvalue weighted by atomic mass is 10.3. The molecule has 0 radical (unpaired) electrons. The Balaban J connectivity index is 0.000000490. The standard InChI is InChI=1S/3C7H6F3N.BH3O3/c3*8-7(9,10)11-6-4-2-1-3-5-6;2-1(3)4/h3*1-5,11H;2-4H. The maximum atomic E-state index is 11.6. The van der Waals surface area contributed by atoms with E-state index < -0.39 is 26.2 Å². The predicted molar refractivity (Wildman–Crippen MR) is 121 cm³/mol. The van der Waals surface area contributed by atoms with E-state index in [4.69, 9.17) is 15.1 Å². The number of rotatable bonds is 3. The zero-order valence-electron chi connectivity index (χ0n) is 18.5. The van der Waals surface area contributed by atoms with E-state index in [2.05, 4.69) is 0 Å². The number of nitrogens with one attached hydrogen (secondary N) is 3. The van der Waals surface area contributed by atoms with E-state index in [1.54, 1.807) is 18.2 Å². The molecule has 0 heterocycles. The van der Waals surface area contributed by atoms with Crippen LogP contribution in [-0.4, -0.2) is 41.3 Å². The molecule has 6 N–H and O–H groups in total. The molecule has 3 aromatic rings. The molecule has 3 aromatic carbocycles. The van der Waals surface area contributed by atoms with Crippen LogP contribution in [0.4, 0.5) is 56.6 Å². The Labute approximate surface area is 205 Å². The van der Waals surface area contributed by atoms with Crippen LogP contribution in [-0.2, 0) is 0 Å². The van der Waals surface area contributed by atoms with E-state index in [0.717, 1.165) is 0 Å². The van der Waals surface area contributed by atoms with Crippen molar-refractivity contribution in [2.24, 2.45) is 0 Å². The van der Waals surface area contributed by atoms with E-state index in [9.17, 15) is 39.5 Å². The van der Waals surface area contributed by atoms with Gasteiger partial charge in [0.2, 0.25) is 0 Å². The number of benzene rings is 3. The van der Waals surface area contributed by atoms with Gasteiger partial charge in [0, 0.05) is 17.1 Å². The first-order valence-corrected chi connectivity index (χ1v) is 9.71. The van der Waals surface area contributed by atoms with Crippen molar-refractivity contribution in [1.82, 2.24) is 0 Å². The second-order valence-electron chi connectivity index (χ2n) is 6.31. The van der Waals surface area contributed by atoms with Gasteiger partial charge in [-0.1, -0.05) is 54.6 Å². The third kappa shape index (κ3) is 23.9. The molecular weight excluding hydrogens is 524 g/mol. The van der Waals surface area contributed by atoms with Crippen LogP contribution in [0.2, 0.25) is 0 Å². The number of alkyl halides is 9. The van der Waals surface area contributed by atoms with Gasteiger partial charge in [0.1, 0.15) is 0 Å². The Hall–Kier alpha value is -3.63. The summed E-state index contributed by atoms with van der Waals surface area (Å²) in [6, 6.07) is 22.3. The van der Waals surface area contributed by atoms with Crippen LogP contribution in [0.1, 0.15) is 0 Å². The van der Waals surface area contributed by atoms with Gasteiger partial charge in [-0.15, -0.1) is 0 Å². The van der Waals surface area contributed by atoms with Crippen molar-refractivity contribution in [2.45, 2.75) is 18.9 Å². The van der Waals surface area contributed by atoms with Crippen LogP contribution in [0.15, 0.2) is 91.0 Å². The lowest BCUT2D eigenvalue weighted by Crippen LogP contribution is -2.20. The van der Waals surface area contributed by atoms with Gasteiger partial charge in [-0.3, -0.25) is 16.0 Å². The highest BCUT2D eigenvalue weighted by Crippen LogP contribution is 2.20. The smallest absolute Gasteiger partial charge is 0.402 e. The summed E-state index contributed by atoms with van der Waals surface area (Å²) in [5, 5.41) is 25.6. The third-order valence-electron chi connectivity index (χ3n) is 3.18. The van der Waals surface area contributed by atoms with Gasteiger partial charge in [-0.05, 0) is 36.4 Å². The molecule has 0 atom stereocenters. The van der Waals surface area contributed by atoms with Crippen molar-refractivity contribution in [3.05, 3.63) is 91.0 Å². The normalized spacial score (nSPS) is 10.7. The second kappa shape index (κ2) is 16.2. The first kappa shape index (κ1) is 33.4. The Bertz CT molecular complexity index is 836. The van der Waals surface area contributed by atoms with E-state index in [0.29, 0.717) is 0 Å². The van der Waals surface area contributed by atoms with Gasteiger partial charge < -0.3 is 15.1 Å². The molecule has 6 nitrogen and oxygen atoms in total. The Morgan fingerprint density at radius 2 is 0.568 bits per heavy atom. The highest BCUT2D eigenvalue weighted by Gasteiger charge is 2.27. The molecule has 0 aromatic heterocycles. The number of hydrogen-bond acceptors (Lipinski definition) is 6. The van der Waals surface area contributed by atoms with Crippen LogP contribution in [0.25, 0.3) is 0 Å². The summed E-state index contributed by atoms with van der Waals surface area (Å²) in [7, 11) is -2.17. The van der Waals surface area contributed by atoms with Crippen LogP contribution in [0.5, 0.6) is 0 Å². The molecule has 0 amide bonds. The Morgan fingerprint density at radius 3 is 0.703 bits per heavy atom. The van der Waals surface area contributed by atoms with Crippen LogP contribution in [0.3, 0.4) is 0 Å². The third-order valence-corrected chi connectivity index (χ3v) is 3.18. The van der Waals surface area contributed by atoms with E-state index in [-0.39, 0.29) is 17.1 Å². The summed E-state index contributed by atoms with van der Waals surface area (Å²) in [6.07, 6.45) is -13.0. The highest BCUT2D eigenvalue weighted by atomic mass is 19.4. The lowest BCUT2D eigenvalue weighted by Gasteiger charge is -2.08. The number of para-hydroxylation sites is 3. The van der Waals surface area contributed by atoms with Crippen LogP contribution >= 0.6 is 0 Å². The predicted octanol–water partition coefficient (Wildman–Crippen LogP) is 5.80. The van der Waals surface area contributed by atoms with Gasteiger partial charge >= 0.3 is 26.2 Å². The molecular formula is C21H21BF9N3O3. The van der Waals surface area contributed by atoms with Gasteiger partial charge in [-0.25, -0.2) is 0 Å². The van der Waals surface area contributed by atoms with Crippen molar-refractivity contribution in [1.29, 1.82) is 0 Å². The van der Waals surface area contributed by atoms with E-state index in [1.165, 1.54) is 88.7 Å². The SMILES string of the molecule is FC(F)(F)Nc1ccccc1.FC(F)(F)Nc1ccccc1.FC(F)(F)Nc1ccccc1.OB(O)O. The minimum atomic E-state index is -4.35. The average molecular weight is 545 g/mol. The molecule has 0 aliphatic carbocycles. The van der Waals surface area contributed by atoms with Gasteiger partial charge in [-0.2, -0.15) is 39.5 Å². The van der Waals surface area contributed by atoms with Gasteiger partial charge in [0.25, 0.3) is 0 Å². The Kier molecular flexibility index (Phi) is 14.6. The second-order valence-corrected chi connectivity index (χ2v) is 6.31. The van der Waals surface area contributed by atoms with Gasteiger partial charge in [0.05, 0.1) is 0 Å². The minimum Gasteiger partial charge on any atom is -0.402 e. The molecule has 204 valence electrons. The quantitative estimate of drug-likeness (QED) is 0.142. The lowest BCUT2D eigenvalue weighted by molar-refractivity contribution is -0.101. The topological polar surface area (TPSA) is 96.8 Å². The zero-order chi connectivity index (χ0) is 28.5. The molecule has 37 heavy (non-hydrogen) atoms. The van der Waals surface area contributed by atoms with E-state index >= 15 is 0 Å². The fraction of sp³-hybridized carbons (Fsp3) is 0.143. The first-order chi connectivity index (χ1) is 17.0. The van der Waals surface area contributed by atoms with Crippen molar-refractivity contribution < 1.29 is 54.6 Å². The first-order valence-electron chi connectivity index (χ1n) is 9.71. The minimum absolute atomic E-state index is 0.0556. The summed E-state index contributed by atoms with van der Waals surface area (Å²) >= 11 is 0. The number of hydrogen-bond donors (Lipinski definition) is 6. The fourth-order valence-electron chi connectivity index (χ4n) is 2.06. The van der Waals surface area contributed by atoms with Crippen LogP contribution in [0, 0.1) is 0 Å².